The number of carbonyl (C=O) groups is 1. The van der Waals surface area contributed by atoms with Crippen molar-refractivity contribution in [1.29, 1.82) is 0 Å². The molecule has 0 saturated carbocycles. The van der Waals surface area contributed by atoms with E-state index < -0.39 is 22.8 Å². The fourth-order valence-corrected chi connectivity index (χ4v) is 8.04. The minimum atomic E-state index is -1.73. The van der Waals surface area contributed by atoms with E-state index in [1.807, 2.05) is 47.4 Å². The van der Waals surface area contributed by atoms with Crippen LogP contribution in [0.15, 0.2) is 90.2 Å². The Morgan fingerprint density at radius 1 is 1.02 bits per heavy atom. The van der Waals surface area contributed by atoms with E-state index in [-0.39, 0.29) is 36.4 Å². The van der Waals surface area contributed by atoms with E-state index in [1.165, 1.54) is 28.0 Å². The number of nitrogens with two attached hydrogens (primary N) is 1. The number of fused-ring (bicyclic) bond motifs is 2. The number of amides is 1. The Morgan fingerprint density at radius 2 is 1.83 bits per heavy atom. The second-order valence-corrected chi connectivity index (χ2v) is 14.2. The zero-order valence-electron chi connectivity index (χ0n) is 28.4. The average Bonchev–Trinajstić information content (AvgIpc) is 3.83. The van der Waals surface area contributed by atoms with Crippen LogP contribution in [0.2, 0.25) is 0 Å². The Balaban J connectivity index is 0.993. The molecule has 8 rings (SSSR count). The van der Waals surface area contributed by atoms with Gasteiger partial charge in [0.1, 0.15) is 47.1 Å². The van der Waals surface area contributed by atoms with Crippen LogP contribution in [0, 0.1) is 11.6 Å². The Morgan fingerprint density at radius 3 is 2.58 bits per heavy atom. The standard InChI is InChI=1S/C37H35F2N9O4S/c38-23-6-8-27(28(39)16-23)37(51,20-46-22-41-21-42-46)19-45-12-10-24(11-13-45)43-34(49)32-18-30-35(53-32)44-33(40)36(50)48(30)26-7-9-31-29(17-26)47(14-15-52-31)25-4-2-1-3-5-25/h1-9,16-18,21-22,24,51H,10-15,19-20H2,(H2,40,44)(H,43,49)/t37-/m0/s1. The maximum atomic E-state index is 14.9. The molecule has 0 radical (unpaired) electrons. The third-order valence-electron chi connectivity index (χ3n) is 9.66. The van der Waals surface area contributed by atoms with Crippen molar-refractivity contribution in [3.8, 4) is 11.4 Å². The van der Waals surface area contributed by atoms with Crippen LogP contribution in [-0.2, 0) is 12.1 Å². The Bertz CT molecular complexity index is 2350. The molecule has 3 aromatic heterocycles. The highest BCUT2D eigenvalue weighted by atomic mass is 32.1. The molecular formula is C37H35F2N9O4S. The van der Waals surface area contributed by atoms with Gasteiger partial charge in [-0.05, 0) is 55.3 Å². The summed E-state index contributed by atoms with van der Waals surface area (Å²) in [6.07, 6.45) is 3.87. The molecule has 3 aromatic carbocycles. The second-order valence-electron chi connectivity index (χ2n) is 13.2. The first-order valence-corrected chi connectivity index (χ1v) is 17.9. The Hall–Kier alpha value is -5.71. The van der Waals surface area contributed by atoms with E-state index in [9.17, 15) is 23.5 Å². The molecule has 0 spiro atoms. The number of anilines is 3. The molecule has 0 aliphatic carbocycles. The van der Waals surface area contributed by atoms with Crippen LogP contribution in [-0.4, -0.2) is 79.1 Å². The summed E-state index contributed by atoms with van der Waals surface area (Å²) in [4.78, 5) is 40.3. The van der Waals surface area contributed by atoms with Gasteiger partial charge in [0.15, 0.2) is 5.82 Å². The molecule has 272 valence electrons. The number of nitrogen functional groups attached to an aromatic ring is 1. The number of hydrogen-bond donors (Lipinski definition) is 3. The summed E-state index contributed by atoms with van der Waals surface area (Å²) in [5.41, 5.74) is 6.65. The van der Waals surface area contributed by atoms with Crippen LogP contribution >= 0.6 is 11.3 Å². The number of thiophene rings is 1. The lowest BCUT2D eigenvalue weighted by Crippen LogP contribution is -2.50. The molecule has 53 heavy (non-hydrogen) atoms. The third-order valence-corrected chi connectivity index (χ3v) is 10.7. The Kier molecular flexibility index (Phi) is 9.10. The lowest BCUT2D eigenvalue weighted by atomic mass is 9.91. The van der Waals surface area contributed by atoms with E-state index in [2.05, 4.69) is 25.3 Å². The summed E-state index contributed by atoms with van der Waals surface area (Å²) in [5, 5.41) is 18.9. The predicted molar refractivity (Wildman–Crippen MR) is 196 cm³/mol. The van der Waals surface area contributed by atoms with E-state index in [0.717, 1.165) is 34.8 Å². The van der Waals surface area contributed by atoms with Crippen molar-refractivity contribution in [1.82, 2.24) is 34.5 Å². The SMILES string of the molecule is Nc1nc2sc(C(=O)NC3CCN(C[C@](O)(Cn4cncn4)c4ccc(F)cc4F)CC3)cc2n(-c2ccc3c(c2)N(c2ccccc2)CCO3)c1=O. The number of hydrogen-bond acceptors (Lipinski definition) is 11. The zero-order chi connectivity index (χ0) is 36.7. The summed E-state index contributed by atoms with van der Waals surface area (Å²) in [6.45, 7) is 2.10. The number of β-amino-alcohol motifs (C(OH)–C–C–N with tert-alkyl or cyclic N) is 1. The number of likely N-dealkylation sites (tertiary alicyclic amines) is 1. The summed E-state index contributed by atoms with van der Waals surface area (Å²) in [5.74, 6) is -1.40. The van der Waals surface area contributed by atoms with Gasteiger partial charge in [0.05, 0.1) is 34.9 Å². The van der Waals surface area contributed by atoms with Gasteiger partial charge in [-0.25, -0.2) is 23.4 Å². The van der Waals surface area contributed by atoms with Crippen LogP contribution in [0.25, 0.3) is 16.0 Å². The fourth-order valence-electron chi connectivity index (χ4n) is 7.11. The average molecular weight is 740 g/mol. The van der Waals surface area contributed by atoms with Gasteiger partial charge in [-0.2, -0.15) is 5.10 Å². The van der Waals surface area contributed by atoms with Crippen molar-refractivity contribution in [3.63, 3.8) is 0 Å². The van der Waals surface area contributed by atoms with Crippen molar-refractivity contribution < 1.29 is 23.4 Å². The van der Waals surface area contributed by atoms with Crippen LogP contribution in [0.3, 0.4) is 0 Å². The minimum Gasteiger partial charge on any atom is -0.490 e. The smallest absolute Gasteiger partial charge is 0.298 e. The van der Waals surface area contributed by atoms with Gasteiger partial charge < -0.3 is 25.8 Å². The van der Waals surface area contributed by atoms with E-state index in [0.29, 0.717) is 65.7 Å². The van der Waals surface area contributed by atoms with Crippen LogP contribution < -0.4 is 26.2 Å². The van der Waals surface area contributed by atoms with Crippen LogP contribution in [0.5, 0.6) is 5.75 Å². The molecule has 0 bridgehead atoms. The highest BCUT2D eigenvalue weighted by molar-refractivity contribution is 7.20. The summed E-state index contributed by atoms with van der Waals surface area (Å²) in [7, 11) is 0. The quantitative estimate of drug-likeness (QED) is 0.196. The number of nitrogens with one attached hydrogen (secondary N) is 1. The number of carbonyl (C=O) groups excluding carboxylic acids is 1. The summed E-state index contributed by atoms with van der Waals surface area (Å²) in [6, 6.07) is 20.0. The third kappa shape index (κ3) is 6.83. The molecule has 1 saturated heterocycles. The monoisotopic (exact) mass is 739 g/mol. The fraction of sp³-hybridized carbons (Fsp3) is 0.270. The molecule has 1 fully saturated rings. The van der Waals surface area contributed by atoms with Crippen molar-refractivity contribution in [2.24, 2.45) is 0 Å². The number of benzene rings is 3. The number of ether oxygens (including phenoxy) is 1. The highest BCUT2D eigenvalue weighted by Gasteiger charge is 2.37. The van der Waals surface area contributed by atoms with E-state index in [1.54, 1.807) is 12.1 Å². The lowest BCUT2D eigenvalue weighted by molar-refractivity contribution is -0.0271. The minimum absolute atomic E-state index is 0.0421. The molecule has 2 aliphatic heterocycles. The Labute approximate surface area is 305 Å². The molecular weight excluding hydrogens is 705 g/mol. The first-order chi connectivity index (χ1) is 25.6. The van der Waals surface area contributed by atoms with Gasteiger partial charge in [-0.15, -0.1) is 11.3 Å². The molecule has 4 N–H and O–H groups in total. The van der Waals surface area contributed by atoms with Crippen LogP contribution in [0.1, 0.15) is 28.1 Å². The molecule has 16 heteroatoms. The summed E-state index contributed by atoms with van der Waals surface area (Å²) >= 11 is 1.14. The molecule has 5 heterocycles. The second kappa shape index (κ2) is 14.0. The molecule has 6 aromatic rings. The van der Waals surface area contributed by atoms with Gasteiger partial charge in [0, 0.05) is 43.0 Å². The normalized spacial score (nSPS) is 16.2. The zero-order valence-corrected chi connectivity index (χ0v) is 29.2. The molecule has 1 atom stereocenters. The number of para-hydroxylation sites is 1. The number of halogens is 2. The van der Waals surface area contributed by atoms with E-state index >= 15 is 0 Å². The van der Waals surface area contributed by atoms with Crippen molar-refractivity contribution >= 4 is 44.8 Å². The van der Waals surface area contributed by atoms with Gasteiger partial charge in [-0.3, -0.25) is 19.1 Å². The first kappa shape index (κ1) is 34.4. The molecule has 1 amide bonds. The van der Waals surface area contributed by atoms with Gasteiger partial charge >= 0.3 is 0 Å². The number of aromatic nitrogens is 5. The lowest BCUT2D eigenvalue weighted by Gasteiger charge is -2.38. The van der Waals surface area contributed by atoms with Crippen molar-refractivity contribution in [2.45, 2.75) is 31.0 Å². The van der Waals surface area contributed by atoms with Gasteiger partial charge in [-0.1, -0.05) is 24.3 Å². The summed E-state index contributed by atoms with van der Waals surface area (Å²) < 4.78 is 37.5. The number of rotatable bonds is 9. The van der Waals surface area contributed by atoms with Crippen LogP contribution in [0.4, 0.5) is 26.0 Å². The highest BCUT2D eigenvalue weighted by Crippen LogP contribution is 2.39. The molecule has 0 unspecified atom stereocenters. The van der Waals surface area contributed by atoms with Crippen molar-refractivity contribution in [2.75, 3.05) is 43.4 Å². The molecule has 13 nitrogen and oxygen atoms in total. The number of piperidine rings is 1. The largest absolute Gasteiger partial charge is 0.490 e. The maximum absolute atomic E-state index is 14.9. The van der Waals surface area contributed by atoms with E-state index in [4.69, 9.17) is 10.5 Å². The topological polar surface area (TPSA) is 157 Å². The van der Waals surface area contributed by atoms with Gasteiger partial charge in [0.25, 0.3) is 11.5 Å². The first-order valence-electron chi connectivity index (χ1n) is 17.1. The van der Waals surface area contributed by atoms with Crippen molar-refractivity contribution in [3.05, 3.63) is 118 Å². The number of nitrogens with zero attached hydrogens (tertiary/aromatic N) is 7. The predicted octanol–water partition coefficient (Wildman–Crippen LogP) is 4.21. The van der Waals surface area contributed by atoms with Gasteiger partial charge in [0.2, 0.25) is 0 Å². The number of aliphatic hydroxyl groups is 1. The molecule has 2 aliphatic rings. The maximum Gasteiger partial charge on any atom is 0.298 e.